The summed E-state index contributed by atoms with van der Waals surface area (Å²) >= 11 is 0. The number of methoxy groups -OCH3 is 1. The number of aromatic amines is 1. The standard InChI is InChI=1S/C16H18N2O3/c1-10(2)11-5-4-6-12(7-11)18-16(20)13-8-14(19)15(21-3)9-17-13/h4-10H,1-3H3,(H,17,19)(H,18,20). The maximum absolute atomic E-state index is 12.1. The molecule has 0 fully saturated rings. The molecular weight excluding hydrogens is 268 g/mol. The first-order valence-corrected chi connectivity index (χ1v) is 6.69. The highest BCUT2D eigenvalue weighted by Gasteiger charge is 2.10. The highest BCUT2D eigenvalue weighted by atomic mass is 16.5. The molecule has 1 aromatic heterocycles. The molecular formula is C16H18N2O3. The summed E-state index contributed by atoms with van der Waals surface area (Å²) in [6.45, 7) is 4.17. The molecule has 5 nitrogen and oxygen atoms in total. The quantitative estimate of drug-likeness (QED) is 0.907. The molecule has 0 saturated carbocycles. The summed E-state index contributed by atoms with van der Waals surface area (Å²) in [7, 11) is 1.40. The van der Waals surface area contributed by atoms with Gasteiger partial charge in [0.25, 0.3) is 5.91 Å². The number of nitrogens with one attached hydrogen (secondary N) is 2. The molecule has 2 aromatic rings. The lowest BCUT2D eigenvalue weighted by molar-refractivity contribution is 0.102. The second kappa shape index (κ2) is 6.26. The van der Waals surface area contributed by atoms with E-state index < -0.39 is 0 Å². The number of carbonyl (C=O) groups is 1. The Morgan fingerprint density at radius 3 is 2.67 bits per heavy atom. The van der Waals surface area contributed by atoms with Crippen molar-refractivity contribution >= 4 is 11.6 Å². The zero-order valence-corrected chi connectivity index (χ0v) is 12.3. The lowest BCUT2D eigenvalue weighted by atomic mass is 10.0. The third-order valence-corrected chi connectivity index (χ3v) is 3.15. The van der Waals surface area contributed by atoms with Crippen LogP contribution < -0.4 is 15.5 Å². The summed E-state index contributed by atoms with van der Waals surface area (Å²) in [5.74, 6) is 0.187. The Hall–Kier alpha value is -2.56. The number of hydrogen-bond acceptors (Lipinski definition) is 3. The van der Waals surface area contributed by atoms with Crippen LogP contribution in [0, 0.1) is 0 Å². The predicted molar refractivity (Wildman–Crippen MR) is 82.1 cm³/mol. The predicted octanol–water partition coefficient (Wildman–Crippen LogP) is 2.76. The first-order valence-electron chi connectivity index (χ1n) is 6.69. The molecule has 0 aliphatic heterocycles. The molecule has 0 aliphatic rings. The third-order valence-electron chi connectivity index (χ3n) is 3.15. The molecule has 0 radical (unpaired) electrons. The second-order valence-electron chi connectivity index (χ2n) is 5.01. The molecule has 0 saturated heterocycles. The zero-order chi connectivity index (χ0) is 15.4. The SMILES string of the molecule is COc1c[nH]c(C(=O)Nc2cccc(C(C)C)c2)cc1=O. The van der Waals surface area contributed by atoms with Crippen LogP contribution in [0.25, 0.3) is 0 Å². The average Bonchev–Trinajstić information content (AvgIpc) is 2.47. The third kappa shape index (κ3) is 3.51. The van der Waals surface area contributed by atoms with Crippen molar-refractivity contribution in [2.45, 2.75) is 19.8 Å². The van der Waals surface area contributed by atoms with Gasteiger partial charge >= 0.3 is 0 Å². The van der Waals surface area contributed by atoms with Gasteiger partial charge in [-0.2, -0.15) is 0 Å². The minimum absolute atomic E-state index is 0.174. The van der Waals surface area contributed by atoms with E-state index in [2.05, 4.69) is 24.1 Å². The minimum atomic E-state index is -0.365. The fraction of sp³-hybridized carbons (Fsp3) is 0.250. The molecule has 1 amide bonds. The van der Waals surface area contributed by atoms with E-state index in [1.165, 1.54) is 19.4 Å². The molecule has 2 N–H and O–H groups in total. The van der Waals surface area contributed by atoms with Gasteiger partial charge < -0.3 is 15.0 Å². The number of pyridine rings is 1. The zero-order valence-electron chi connectivity index (χ0n) is 12.3. The van der Waals surface area contributed by atoms with E-state index in [9.17, 15) is 9.59 Å². The second-order valence-corrected chi connectivity index (χ2v) is 5.01. The van der Waals surface area contributed by atoms with Crippen LogP contribution in [0.3, 0.4) is 0 Å². The van der Waals surface area contributed by atoms with Crippen LogP contribution in [0.1, 0.15) is 35.8 Å². The Kier molecular flexibility index (Phi) is 4.42. The molecule has 5 heteroatoms. The van der Waals surface area contributed by atoms with Crippen LogP contribution in [0.4, 0.5) is 5.69 Å². The molecule has 0 aliphatic carbocycles. The molecule has 1 heterocycles. The van der Waals surface area contributed by atoms with Gasteiger partial charge in [0.15, 0.2) is 5.75 Å². The molecule has 0 spiro atoms. The van der Waals surface area contributed by atoms with Gasteiger partial charge in [-0.05, 0) is 23.6 Å². The largest absolute Gasteiger partial charge is 0.491 e. The lowest BCUT2D eigenvalue weighted by Gasteiger charge is -2.09. The molecule has 110 valence electrons. The number of aromatic nitrogens is 1. The molecule has 2 rings (SSSR count). The topological polar surface area (TPSA) is 71.2 Å². The molecule has 1 aromatic carbocycles. The van der Waals surface area contributed by atoms with Crippen LogP contribution in [-0.2, 0) is 0 Å². The lowest BCUT2D eigenvalue weighted by Crippen LogP contribution is -2.17. The molecule has 0 atom stereocenters. The Bertz CT molecular complexity index is 705. The van der Waals surface area contributed by atoms with Crippen LogP contribution in [0.2, 0.25) is 0 Å². The van der Waals surface area contributed by atoms with E-state index in [0.29, 0.717) is 11.6 Å². The van der Waals surface area contributed by atoms with E-state index in [-0.39, 0.29) is 22.8 Å². The first-order chi connectivity index (χ1) is 10.0. The van der Waals surface area contributed by atoms with Crippen molar-refractivity contribution in [3.63, 3.8) is 0 Å². The van der Waals surface area contributed by atoms with E-state index in [0.717, 1.165) is 5.56 Å². The van der Waals surface area contributed by atoms with Crippen LogP contribution >= 0.6 is 0 Å². The van der Waals surface area contributed by atoms with Gasteiger partial charge in [-0.3, -0.25) is 9.59 Å². The van der Waals surface area contributed by atoms with Gasteiger partial charge in [0.1, 0.15) is 5.69 Å². The number of carbonyl (C=O) groups excluding carboxylic acids is 1. The van der Waals surface area contributed by atoms with E-state index >= 15 is 0 Å². The van der Waals surface area contributed by atoms with E-state index in [1.54, 1.807) is 0 Å². The van der Waals surface area contributed by atoms with Crippen molar-refractivity contribution < 1.29 is 9.53 Å². The summed E-state index contributed by atoms with van der Waals surface area (Å²) in [6, 6.07) is 8.85. The maximum Gasteiger partial charge on any atom is 0.272 e. The summed E-state index contributed by atoms with van der Waals surface area (Å²) in [5, 5.41) is 2.77. The summed E-state index contributed by atoms with van der Waals surface area (Å²) < 4.78 is 4.86. The smallest absolute Gasteiger partial charge is 0.272 e. The summed E-state index contributed by atoms with van der Waals surface area (Å²) in [5.41, 5.74) is 1.69. The maximum atomic E-state index is 12.1. The van der Waals surface area contributed by atoms with Crippen molar-refractivity contribution in [2.75, 3.05) is 12.4 Å². The number of hydrogen-bond donors (Lipinski definition) is 2. The van der Waals surface area contributed by atoms with Crippen molar-refractivity contribution in [1.82, 2.24) is 4.98 Å². The van der Waals surface area contributed by atoms with Gasteiger partial charge in [0.05, 0.1) is 7.11 Å². The van der Waals surface area contributed by atoms with E-state index in [1.807, 2.05) is 24.3 Å². The monoisotopic (exact) mass is 286 g/mol. The van der Waals surface area contributed by atoms with Crippen molar-refractivity contribution in [1.29, 1.82) is 0 Å². The Labute approximate surface area is 123 Å². The number of rotatable bonds is 4. The van der Waals surface area contributed by atoms with Crippen LogP contribution in [0.15, 0.2) is 41.3 Å². The Balaban J connectivity index is 2.20. The molecule has 21 heavy (non-hydrogen) atoms. The average molecular weight is 286 g/mol. The van der Waals surface area contributed by atoms with Gasteiger partial charge in [0.2, 0.25) is 5.43 Å². The Morgan fingerprint density at radius 1 is 1.29 bits per heavy atom. The number of amides is 1. The van der Waals surface area contributed by atoms with Gasteiger partial charge in [-0.1, -0.05) is 26.0 Å². The van der Waals surface area contributed by atoms with Gasteiger partial charge in [-0.15, -0.1) is 0 Å². The minimum Gasteiger partial charge on any atom is -0.491 e. The Morgan fingerprint density at radius 2 is 2.05 bits per heavy atom. The highest BCUT2D eigenvalue weighted by molar-refractivity contribution is 6.02. The first kappa shape index (κ1) is 14.8. The number of ether oxygens (including phenoxy) is 1. The van der Waals surface area contributed by atoms with Crippen LogP contribution in [-0.4, -0.2) is 18.0 Å². The van der Waals surface area contributed by atoms with Gasteiger partial charge in [0, 0.05) is 18.0 Å². The fourth-order valence-corrected chi connectivity index (χ4v) is 1.92. The fourth-order valence-electron chi connectivity index (χ4n) is 1.92. The normalized spacial score (nSPS) is 10.5. The number of anilines is 1. The van der Waals surface area contributed by atoms with Gasteiger partial charge in [-0.25, -0.2) is 0 Å². The number of H-pyrrole nitrogens is 1. The molecule has 0 bridgehead atoms. The summed E-state index contributed by atoms with van der Waals surface area (Å²) in [4.78, 5) is 26.5. The number of benzene rings is 1. The van der Waals surface area contributed by atoms with Crippen molar-refractivity contribution in [3.8, 4) is 5.75 Å². The molecule has 0 unspecified atom stereocenters. The van der Waals surface area contributed by atoms with Crippen molar-refractivity contribution in [3.05, 3.63) is 58.0 Å². The summed E-state index contributed by atoms with van der Waals surface area (Å²) in [6.07, 6.45) is 1.38. The van der Waals surface area contributed by atoms with Crippen LogP contribution in [0.5, 0.6) is 5.75 Å². The highest BCUT2D eigenvalue weighted by Crippen LogP contribution is 2.18. The van der Waals surface area contributed by atoms with E-state index in [4.69, 9.17) is 4.74 Å². The van der Waals surface area contributed by atoms with Crippen molar-refractivity contribution in [2.24, 2.45) is 0 Å².